The second-order valence-corrected chi connectivity index (χ2v) is 5.09. The number of rotatable bonds is 10. The van der Waals surface area contributed by atoms with Crippen molar-refractivity contribution in [2.75, 3.05) is 13.7 Å². The summed E-state index contributed by atoms with van der Waals surface area (Å²) in [7, 11) is 1.26. The smallest absolute Gasteiger partial charge is 0.407 e. The maximum Gasteiger partial charge on any atom is 0.407 e. The largest absolute Gasteiger partial charge is 0.469 e. The lowest BCUT2D eigenvalue weighted by atomic mass is 10.1. The number of alkyl carbamates (subject to hydrolysis) is 1. The number of hydrogen-bond donors (Lipinski definition) is 1. The molecule has 0 saturated carbocycles. The van der Waals surface area contributed by atoms with Crippen molar-refractivity contribution in [2.45, 2.75) is 38.7 Å². The number of benzene rings is 1. The molecule has 0 fully saturated rings. The molecular weight excluding hydrogens is 298 g/mol. The predicted octanol–water partition coefficient (Wildman–Crippen LogP) is 2.61. The van der Waals surface area contributed by atoms with Crippen LogP contribution in [0.4, 0.5) is 4.79 Å². The molecule has 0 aliphatic carbocycles. The summed E-state index contributed by atoms with van der Waals surface area (Å²) in [5.41, 5.74) is 0.937. The second-order valence-electron chi connectivity index (χ2n) is 5.09. The summed E-state index contributed by atoms with van der Waals surface area (Å²) in [5, 5.41) is 2.66. The number of hydrogen-bond acceptors (Lipinski definition) is 5. The van der Waals surface area contributed by atoms with Crippen molar-refractivity contribution in [2.24, 2.45) is 0 Å². The molecule has 1 aromatic carbocycles. The first-order chi connectivity index (χ1) is 11.1. The van der Waals surface area contributed by atoms with Crippen LogP contribution >= 0.6 is 0 Å². The average molecular weight is 321 g/mol. The highest BCUT2D eigenvalue weighted by Crippen LogP contribution is 2.03. The number of esters is 1. The lowest BCUT2D eigenvalue weighted by Crippen LogP contribution is -2.25. The molecule has 0 heterocycles. The van der Waals surface area contributed by atoms with E-state index in [0.29, 0.717) is 19.4 Å². The number of unbranched alkanes of at least 4 members (excludes halogenated alkanes) is 2. The van der Waals surface area contributed by atoms with Gasteiger partial charge in [0.1, 0.15) is 18.8 Å². The van der Waals surface area contributed by atoms with E-state index in [-0.39, 0.29) is 18.8 Å². The first-order valence-corrected chi connectivity index (χ1v) is 7.65. The van der Waals surface area contributed by atoms with Crippen molar-refractivity contribution in [1.82, 2.24) is 5.32 Å². The van der Waals surface area contributed by atoms with E-state index in [2.05, 4.69) is 10.1 Å². The molecule has 1 N–H and O–H groups in total. The van der Waals surface area contributed by atoms with Crippen LogP contribution in [0.25, 0.3) is 0 Å². The number of carbonyl (C=O) groups excluding carboxylic acids is 3. The van der Waals surface area contributed by atoms with Crippen LogP contribution in [0, 0.1) is 0 Å². The zero-order valence-electron chi connectivity index (χ0n) is 13.4. The zero-order valence-corrected chi connectivity index (χ0v) is 13.4. The topological polar surface area (TPSA) is 81.7 Å². The summed E-state index contributed by atoms with van der Waals surface area (Å²) in [5.74, 6) is -0.620. The SMILES string of the molecule is COC(=O)CC(=O)CCCCCNC(=O)OCc1ccccc1. The van der Waals surface area contributed by atoms with E-state index in [1.165, 1.54) is 7.11 Å². The van der Waals surface area contributed by atoms with E-state index in [1.807, 2.05) is 30.3 Å². The van der Waals surface area contributed by atoms with E-state index in [9.17, 15) is 14.4 Å². The van der Waals surface area contributed by atoms with Crippen molar-refractivity contribution < 1.29 is 23.9 Å². The molecule has 6 nitrogen and oxygen atoms in total. The fourth-order valence-corrected chi connectivity index (χ4v) is 1.91. The third-order valence-electron chi connectivity index (χ3n) is 3.18. The molecular formula is C17H23NO5. The highest BCUT2D eigenvalue weighted by molar-refractivity contribution is 5.95. The fraction of sp³-hybridized carbons (Fsp3) is 0.471. The molecule has 1 rings (SSSR count). The van der Waals surface area contributed by atoms with Crippen LogP contribution < -0.4 is 5.32 Å². The Labute approximate surface area is 136 Å². The number of ketones is 1. The van der Waals surface area contributed by atoms with Gasteiger partial charge in [0.05, 0.1) is 7.11 Å². The van der Waals surface area contributed by atoms with Crippen molar-refractivity contribution >= 4 is 17.8 Å². The molecule has 1 aromatic rings. The second kappa shape index (κ2) is 11.2. The van der Waals surface area contributed by atoms with Crippen LogP contribution in [-0.2, 0) is 25.7 Å². The Balaban J connectivity index is 1.99. The molecule has 23 heavy (non-hydrogen) atoms. The normalized spacial score (nSPS) is 9.96. The van der Waals surface area contributed by atoms with Crippen molar-refractivity contribution in [3.8, 4) is 0 Å². The summed E-state index contributed by atoms with van der Waals surface area (Å²) in [6.45, 7) is 0.744. The maximum atomic E-state index is 11.5. The van der Waals surface area contributed by atoms with E-state index in [1.54, 1.807) is 0 Å². The average Bonchev–Trinajstić information content (AvgIpc) is 2.56. The molecule has 0 unspecified atom stereocenters. The van der Waals surface area contributed by atoms with Crippen LogP contribution in [0.15, 0.2) is 30.3 Å². The van der Waals surface area contributed by atoms with Crippen molar-refractivity contribution in [3.63, 3.8) is 0 Å². The first kappa shape index (κ1) is 18.7. The van der Waals surface area contributed by atoms with Crippen LogP contribution in [0.2, 0.25) is 0 Å². The molecule has 0 bridgehead atoms. The number of methoxy groups -OCH3 is 1. The van der Waals surface area contributed by atoms with Crippen LogP contribution in [0.5, 0.6) is 0 Å². The Kier molecular flexibility index (Phi) is 9.12. The fourth-order valence-electron chi connectivity index (χ4n) is 1.91. The molecule has 0 aliphatic rings. The van der Waals surface area contributed by atoms with E-state index in [4.69, 9.17) is 4.74 Å². The summed E-state index contributed by atoms with van der Waals surface area (Å²) in [4.78, 5) is 33.7. The van der Waals surface area contributed by atoms with Gasteiger partial charge in [0.15, 0.2) is 0 Å². The number of Topliss-reactive ketones (excluding diaryl/α,β-unsaturated/α-hetero) is 1. The minimum atomic E-state index is -0.502. The molecule has 0 aliphatic heterocycles. The van der Waals surface area contributed by atoms with E-state index >= 15 is 0 Å². The molecule has 126 valence electrons. The van der Waals surface area contributed by atoms with Gasteiger partial charge >= 0.3 is 12.1 Å². The number of carbonyl (C=O) groups is 3. The van der Waals surface area contributed by atoms with Gasteiger partial charge in [0, 0.05) is 13.0 Å². The number of amides is 1. The van der Waals surface area contributed by atoms with Gasteiger partial charge in [0.25, 0.3) is 0 Å². The maximum absolute atomic E-state index is 11.5. The standard InChI is InChI=1S/C17H23NO5/c1-22-16(20)12-15(19)10-6-3-7-11-18-17(21)23-13-14-8-4-2-5-9-14/h2,4-5,8-9H,3,6-7,10-13H2,1H3,(H,18,21). The van der Waals surface area contributed by atoms with E-state index in [0.717, 1.165) is 18.4 Å². The van der Waals surface area contributed by atoms with Crippen molar-refractivity contribution in [3.05, 3.63) is 35.9 Å². The lowest BCUT2D eigenvalue weighted by molar-refractivity contribution is -0.143. The van der Waals surface area contributed by atoms with E-state index < -0.39 is 12.1 Å². The van der Waals surface area contributed by atoms with Gasteiger partial charge in [-0.3, -0.25) is 9.59 Å². The van der Waals surface area contributed by atoms with Crippen LogP contribution in [-0.4, -0.2) is 31.5 Å². The van der Waals surface area contributed by atoms with Crippen LogP contribution in [0.3, 0.4) is 0 Å². The van der Waals surface area contributed by atoms with Gasteiger partial charge in [-0.1, -0.05) is 36.8 Å². The lowest BCUT2D eigenvalue weighted by Gasteiger charge is -2.07. The summed E-state index contributed by atoms with van der Waals surface area (Å²) in [6.07, 6.45) is 1.98. The summed E-state index contributed by atoms with van der Waals surface area (Å²) in [6, 6.07) is 9.45. The molecule has 1 amide bonds. The third-order valence-corrected chi connectivity index (χ3v) is 3.18. The highest BCUT2D eigenvalue weighted by Gasteiger charge is 2.08. The highest BCUT2D eigenvalue weighted by atomic mass is 16.5. The van der Waals surface area contributed by atoms with Crippen LogP contribution in [0.1, 0.15) is 37.7 Å². The quantitative estimate of drug-likeness (QED) is 0.407. The summed E-state index contributed by atoms with van der Waals surface area (Å²) >= 11 is 0. The van der Waals surface area contributed by atoms with Gasteiger partial charge in [-0.05, 0) is 18.4 Å². The monoisotopic (exact) mass is 321 g/mol. The minimum Gasteiger partial charge on any atom is -0.469 e. The molecule has 0 atom stereocenters. The zero-order chi connectivity index (χ0) is 16.9. The molecule has 0 saturated heterocycles. The Morgan fingerprint density at radius 3 is 2.48 bits per heavy atom. The van der Waals surface area contributed by atoms with Crippen molar-refractivity contribution in [1.29, 1.82) is 0 Å². The molecule has 0 spiro atoms. The third kappa shape index (κ3) is 9.29. The number of nitrogens with one attached hydrogen (secondary N) is 1. The van der Waals surface area contributed by atoms with Gasteiger partial charge in [-0.25, -0.2) is 4.79 Å². The van der Waals surface area contributed by atoms with Gasteiger partial charge in [-0.15, -0.1) is 0 Å². The van der Waals surface area contributed by atoms with Gasteiger partial charge < -0.3 is 14.8 Å². The minimum absolute atomic E-state index is 0.118. The number of ether oxygens (including phenoxy) is 2. The molecule has 0 radical (unpaired) electrons. The predicted molar refractivity (Wildman–Crippen MR) is 84.7 cm³/mol. The Morgan fingerprint density at radius 2 is 1.78 bits per heavy atom. The van der Waals surface area contributed by atoms with Gasteiger partial charge in [0.2, 0.25) is 0 Å². The molecule has 6 heteroatoms. The first-order valence-electron chi connectivity index (χ1n) is 7.65. The Bertz CT molecular complexity index is 501. The Morgan fingerprint density at radius 1 is 1.04 bits per heavy atom. The summed E-state index contributed by atoms with van der Waals surface area (Å²) < 4.78 is 9.50. The Hall–Kier alpha value is -2.37. The van der Waals surface area contributed by atoms with Gasteiger partial charge in [-0.2, -0.15) is 0 Å². The molecule has 0 aromatic heterocycles.